The summed E-state index contributed by atoms with van der Waals surface area (Å²) < 4.78 is 0. The molecular weight excluding hydrogens is 372 g/mol. The molecule has 0 aliphatic rings. The predicted octanol–water partition coefficient (Wildman–Crippen LogP) is 4.15. The molecule has 1 amide bonds. The summed E-state index contributed by atoms with van der Waals surface area (Å²) in [5.74, 6) is 0.444. The Bertz CT molecular complexity index is 902. The normalized spacial score (nSPS) is 10.5. The monoisotopic (exact) mass is 394 g/mol. The number of carbonyl (C=O) groups excluding carboxylic acids is 1. The average molecular weight is 395 g/mol. The maximum atomic E-state index is 12.3. The van der Waals surface area contributed by atoms with Crippen molar-refractivity contribution in [1.82, 2.24) is 15.3 Å². The largest absolute Gasteiger partial charge is 0.370 e. The highest BCUT2D eigenvalue weighted by Crippen LogP contribution is 2.11. The van der Waals surface area contributed by atoms with Crippen LogP contribution in [-0.4, -0.2) is 29.0 Å². The number of carbonyl (C=O) groups is 1. The van der Waals surface area contributed by atoms with Gasteiger partial charge in [-0.1, -0.05) is 54.1 Å². The van der Waals surface area contributed by atoms with Crippen LogP contribution in [0.3, 0.4) is 0 Å². The van der Waals surface area contributed by atoms with Crippen molar-refractivity contribution in [2.75, 3.05) is 18.4 Å². The fourth-order valence-electron chi connectivity index (χ4n) is 2.84. The SMILES string of the molecule is O=C(NCCc1cccc(Cl)c1)c1cc(NCCCc2ccccc2)ncn1. The summed E-state index contributed by atoms with van der Waals surface area (Å²) in [6, 6.07) is 19.7. The van der Waals surface area contributed by atoms with Gasteiger partial charge >= 0.3 is 0 Å². The Kier molecular flexibility index (Phi) is 7.38. The van der Waals surface area contributed by atoms with Gasteiger partial charge in [0.1, 0.15) is 17.8 Å². The molecule has 0 saturated carbocycles. The molecule has 5 nitrogen and oxygen atoms in total. The van der Waals surface area contributed by atoms with Gasteiger partial charge in [0.25, 0.3) is 5.91 Å². The lowest BCUT2D eigenvalue weighted by Gasteiger charge is -2.08. The van der Waals surface area contributed by atoms with E-state index in [9.17, 15) is 4.79 Å². The van der Waals surface area contributed by atoms with E-state index in [2.05, 4.69) is 32.7 Å². The number of halogens is 1. The van der Waals surface area contributed by atoms with Crippen molar-refractivity contribution in [2.24, 2.45) is 0 Å². The van der Waals surface area contributed by atoms with Gasteiger partial charge in [0, 0.05) is 24.2 Å². The maximum Gasteiger partial charge on any atom is 0.270 e. The van der Waals surface area contributed by atoms with Crippen LogP contribution < -0.4 is 10.6 Å². The van der Waals surface area contributed by atoms with Crippen molar-refractivity contribution in [3.63, 3.8) is 0 Å². The summed E-state index contributed by atoms with van der Waals surface area (Å²) >= 11 is 5.98. The molecule has 1 heterocycles. The molecule has 6 heteroatoms. The zero-order valence-electron chi connectivity index (χ0n) is 15.6. The molecular formula is C22H23ClN4O. The smallest absolute Gasteiger partial charge is 0.270 e. The lowest BCUT2D eigenvalue weighted by atomic mass is 10.1. The van der Waals surface area contributed by atoms with Gasteiger partial charge in [-0.2, -0.15) is 0 Å². The summed E-state index contributed by atoms with van der Waals surface area (Å²) in [7, 11) is 0. The lowest BCUT2D eigenvalue weighted by molar-refractivity contribution is 0.0949. The molecule has 0 aliphatic carbocycles. The van der Waals surface area contributed by atoms with E-state index >= 15 is 0 Å². The number of nitrogens with zero attached hydrogens (tertiary/aromatic N) is 2. The summed E-state index contributed by atoms with van der Waals surface area (Å²) in [5, 5.41) is 6.83. The standard InChI is InChI=1S/C22H23ClN4O/c23-19-10-4-8-18(14-19)11-13-25-22(28)20-15-21(27-16-26-20)24-12-5-9-17-6-2-1-3-7-17/h1-4,6-8,10,14-16H,5,9,11-13H2,(H,25,28)(H,24,26,27). The summed E-state index contributed by atoms with van der Waals surface area (Å²) in [4.78, 5) is 20.6. The van der Waals surface area contributed by atoms with Crippen LogP contribution in [0.15, 0.2) is 67.0 Å². The van der Waals surface area contributed by atoms with Gasteiger partial charge in [-0.25, -0.2) is 9.97 Å². The lowest BCUT2D eigenvalue weighted by Crippen LogP contribution is -2.26. The van der Waals surface area contributed by atoms with Crippen molar-refractivity contribution in [2.45, 2.75) is 19.3 Å². The average Bonchev–Trinajstić information content (AvgIpc) is 2.72. The third-order valence-corrected chi connectivity index (χ3v) is 4.51. The quantitative estimate of drug-likeness (QED) is 0.535. The van der Waals surface area contributed by atoms with Crippen molar-refractivity contribution >= 4 is 23.3 Å². The van der Waals surface area contributed by atoms with Crippen LogP contribution in [0, 0.1) is 0 Å². The van der Waals surface area contributed by atoms with E-state index in [1.54, 1.807) is 6.07 Å². The van der Waals surface area contributed by atoms with Gasteiger partial charge in [-0.05, 0) is 42.5 Å². The summed E-state index contributed by atoms with van der Waals surface area (Å²) in [6.07, 6.45) is 4.10. The Morgan fingerprint density at radius 2 is 1.71 bits per heavy atom. The van der Waals surface area contributed by atoms with Crippen LogP contribution in [-0.2, 0) is 12.8 Å². The molecule has 2 aromatic carbocycles. The highest BCUT2D eigenvalue weighted by atomic mass is 35.5. The molecule has 2 N–H and O–H groups in total. The molecule has 3 aromatic rings. The fourth-order valence-corrected chi connectivity index (χ4v) is 3.05. The topological polar surface area (TPSA) is 66.9 Å². The Morgan fingerprint density at radius 1 is 0.893 bits per heavy atom. The number of aryl methyl sites for hydroxylation is 1. The first-order valence-corrected chi connectivity index (χ1v) is 9.71. The Labute approximate surface area is 170 Å². The minimum atomic E-state index is -0.211. The number of benzene rings is 2. The van der Waals surface area contributed by atoms with E-state index in [1.165, 1.54) is 11.9 Å². The number of nitrogens with one attached hydrogen (secondary N) is 2. The van der Waals surface area contributed by atoms with E-state index in [-0.39, 0.29) is 5.91 Å². The van der Waals surface area contributed by atoms with Crippen molar-refractivity contribution < 1.29 is 4.79 Å². The van der Waals surface area contributed by atoms with Gasteiger partial charge in [-0.15, -0.1) is 0 Å². The molecule has 3 rings (SSSR count). The van der Waals surface area contributed by atoms with Gasteiger partial charge in [0.05, 0.1) is 0 Å². The number of hydrogen-bond acceptors (Lipinski definition) is 4. The highest BCUT2D eigenvalue weighted by Gasteiger charge is 2.08. The molecule has 0 bridgehead atoms. The third kappa shape index (κ3) is 6.35. The first kappa shape index (κ1) is 19.8. The van der Waals surface area contributed by atoms with Crippen molar-refractivity contribution in [1.29, 1.82) is 0 Å². The minimum absolute atomic E-state index is 0.211. The second-order valence-electron chi connectivity index (χ2n) is 6.44. The van der Waals surface area contributed by atoms with E-state index in [1.807, 2.05) is 42.5 Å². The second-order valence-corrected chi connectivity index (χ2v) is 6.88. The molecule has 0 saturated heterocycles. The van der Waals surface area contributed by atoms with E-state index in [4.69, 9.17) is 11.6 Å². The molecule has 0 spiro atoms. The zero-order valence-corrected chi connectivity index (χ0v) is 16.3. The first-order chi connectivity index (χ1) is 13.7. The summed E-state index contributed by atoms with van der Waals surface area (Å²) in [5.41, 5.74) is 2.75. The Morgan fingerprint density at radius 3 is 2.54 bits per heavy atom. The van der Waals surface area contributed by atoms with Crippen LogP contribution in [0.4, 0.5) is 5.82 Å². The van der Waals surface area contributed by atoms with Crippen molar-refractivity contribution in [3.8, 4) is 0 Å². The zero-order chi connectivity index (χ0) is 19.6. The molecule has 0 unspecified atom stereocenters. The molecule has 0 fully saturated rings. The highest BCUT2D eigenvalue weighted by molar-refractivity contribution is 6.30. The molecule has 144 valence electrons. The Hall–Kier alpha value is -2.92. The van der Waals surface area contributed by atoms with E-state index < -0.39 is 0 Å². The van der Waals surface area contributed by atoms with Gasteiger partial charge in [-0.3, -0.25) is 4.79 Å². The van der Waals surface area contributed by atoms with E-state index in [0.29, 0.717) is 29.5 Å². The van der Waals surface area contributed by atoms with Gasteiger partial charge < -0.3 is 10.6 Å². The summed E-state index contributed by atoms with van der Waals surface area (Å²) in [6.45, 7) is 1.30. The maximum absolute atomic E-state index is 12.3. The number of amides is 1. The molecule has 1 aromatic heterocycles. The van der Waals surface area contributed by atoms with Gasteiger partial charge in [0.2, 0.25) is 0 Å². The van der Waals surface area contributed by atoms with Crippen LogP contribution in [0.5, 0.6) is 0 Å². The van der Waals surface area contributed by atoms with Crippen LogP contribution in [0.2, 0.25) is 5.02 Å². The minimum Gasteiger partial charge on any atom is -0.370 e. The second kappa shape index (κ2) is 10.4. The van der Waals surface area contributed by atoms with E-state index in [0.717, 1.165) is 24.9 Å². The predicted molar refractivity (Wildman–Crippen MR) is 113 cm³/mol. The van der Waals surface area contributed by atoms with Crippen LogP contribution in [0.25, 0.3) is 0 Å². The number of rotatable bonds is 9. The Balaban J connectivity index is 1.43. The van der Waals surface area contributed by atoms with Gasteiger partial charge in [0.15, 0.2) is 0 Å². The molecule has 0 atom stereocenters. The molecule has 0 radical (unpaired) electrons. The number of hydrogen-bond donors (Lipinski definition) is 2. The van der Waals surface area contributed by atoms with Crippen LogP contribution in [0.1, 0.15) is 28.0 Å². The third-order valence-electron chi connectivity index (χ3n) is 4.28. The van der Waals surface area contributed by atoms with Crippen LogP contribution >= 0.6 is 11.6 Å². The fraction of sp³-hybridized carbons (Fsp3) is 0.227. The molecule has 28 heavy (non-hydrogen) atoms. The number of aromatic nitrogens is 2. The van der Waals surface area contributed by atoms with Crippen molar-refractivity contribution in [3.05, 3.63) is 88.8 Å². The number of anilines is 1. The first-order valence-electron chi connectivity index (χ1n) is 9.33. The molecule has 0 aliphatic heterocycles.